The number of hydrogen-bond acceptors (Lipinski definition) is 6. The molecule has 0 bridgehead atoms. The van der Waals surface area contributed by atoms with E-state index in [0.29, 0.717) is 31.4 Å². The van der Waals surface area contributed by atoms with Crippen molar-refractivity contribution >= 4 is 11.4 Å². The molecule has 0 saturated heterocycles. The van der Waals surface area contributed by atoms with Crippen LogP contribution in [0.5, 0.6) is 5.88 Å². The van der Waals surface area contributed by atoms with Gasteiger partial charge in [0.2, 0.25) is 5.88 Å². The van der Waals surface area contributed by atoms with Crippen LogP contribution in [-0.2, 0) is 11.3 Å². The maximum Gasteiger partial charge on any atom is 0.310 e. The number of hydrogen-bond donors (Lipinski definition) is 1. The Morgan fingerprint density at radius 2 is 1.93 bits per heavy atom. The lowest BCUT2D eigenvalue weighted by atomic mass is 9.95. The minimum atomic E-state index is -0.412. The molecule has 1 aromatic carbocycles. The number of nitrogens with one attached hydrogen (secondary N) is 1. The third-order valence-corrected chi connectivity index (χ3v) is 4.61. The van der Waals surface area contributed by atoms with Crippen LogP contribution in [0, 0.1) is 10.1 Å². The zero-order valence-corrected chi connectivity index (χ0v) is 15.3. The van der Waals surface area contributed by atoms with Crippen LogP contribution in [0.2, 0.25) is 0 Å². The van der Waals surface area contributed by atoms with E-state index in [-0.39, 0.29) is 11.7 Å². The van der Waals surface area contributed by atoms with E-state index in [0.717, 1.165) is 31.2 Å². The molecule has 0 radical (unpaired) electrons. The number of benzene rings is 1. The zero-order valence-electron chi connectivity index (χ0n) is 15.3. The average molecular weight is 371 g/mol. The Labute approximate surface area is 158 Å². The van der Waals surface area contributed by atoms with Gasteiger partial charge in [-0.2, -0.15) is 0 Å². The Kier molecular flexibility index (Phi) is 6.98. The Morgan fingerprint density at radius 3 is 2.67 bits per heavy atom. The molecule has 27 heavy (non-hydrogen) atoms. The quantitative estimate of drug-likeness (QED) is 0.401. The largest absolute Gasteiger partial charge is 0.475 e. The first-order chi connectivity index (χ1) is 13.2. The van der Waals surface area contributed by atoms with Gasteiger partial charge < -0.3 is 14.8 Å². The third kappa shape index (κ3) is 5.92. The summed E-state index contributed by atoms with van der Waals surface area (Å²) in [5.74, 6) is 0.363. The van der Waals surface area contributed by atoms with Gasteiger partial charge in [-0.25, -0.2) is 4.98 Å². The number of nitrogens with zero attached hydrogens (tertiary/aromatic N) is 2. The molecule has 2 aromatic rings. The number of ether oxygens (including phenoxy) is 2. The minimum Gasteiger partial charge on any atom is -0.475 e. The maximum atomic E-state index is 11.3. The summed E-state index contributed by atoms with van der Waals surface area (Å²) < 4.78 is 11.2. The van der Waals surface area contributed by atoms with Crippen molar-refractivity contribution in [1.29, 1.82) is 0 Å². The molecule has 1 aliphatic rings. The van der Waals surface area contributed by atoms with E-state index in [1.54, 1.807) is 6.07 Å². The lowest BCUT2D eigenvalue weighted by molar-refractivity contribution is -0.384. The van der Waals surface area contributed by atoms with Gasteiger partial charge in [-0.3, -0.25) is 10.1 Å². The van der Waals surface area contributed by atoms with Crippen LogP contribution in [0.4, 0.5) is 11.4 Å². The van der Waals surface area contributed by atoms with Gasteiger partial charge in [0, 0.05) is 12.1 Å². The van der Waals surface area contributed by atoms with Crippen LogP contribution in [0.3, 0.4) is 0 Å². The van der Waals surface area contributed by atoms with Gasteiger partial charge in [0.15, 0.2) is 0 Å². The van der Waals surface area contributed by atoms with Gasteiger partial charge in [-0.05, 0) is 18.4 Å². The number of rotatable bonds is 9. The Bertz CT molecular complexity index is 733. The van der Waals surface area contributed by atoms with Crippen LogP contribution < -0.4 is 10.1 Å². The highest BCUT2D eigenvalue weighted by Crippen LogP contribution is 2.30. The van der Waals surface area contributed by atoms with E-state index >= 15 is 0 Å². The summed E-state index contributed by atoms with van der Waals surface area (Å²) in [6.07, 6.45) is 6.85. The Hall–Kier alpha value is -2.67. The molecule has 0 atom stereocenters. The molecule has 1 aromatic heterocycles. The van der Waals surface area contributed by atoms with E-state index in [4.69, 9.17) is 9.47 Å². The molecule has 1 aliphatic carbocycles. The highest BCUT2D eigenvalue weighted by molar-refractivity contribution is 5.62. The van der Waals surface area contributed by atoms with E-state index in [2.05, 4.69) is 10.3 Å². The summed E-state index contributed by atoms with van der Waals surface area (Å²) in [4.78, 5) is 14.9. The Morgan fingerprint density at radius 1 is 1.15 bits per heavy atom. The summed E-state index contributed by atoms with van der Waals surface area (Å²) >= 11 is 0. The second-order valence-electron chi connectivity index (χ2n) is 6.66. The summed E-state index contributed by atoms with van der Waals surface area (Å²) in [5.41, 5.74) is 1.56. The third-order valence-electron chi connectivity index (χ3n) is 4.61. The fourth-order valence-corrected chi connectivity index (χ4v) is 3.21. The monoisotopic (exact) mass is 371 g/mol. The van der Waals surface area contributed by atoms with Gasteiger partial charge in [-0.1, -0.05) is 49.6 Å². The SMILES string of the molecule is O=[N+]([O-])c1cnc(OCCOCc2ccccc2)cc1NC1CCCCC1. The zero-order chi connectivity index (χ0) is 18.9. The second-order valence-corrected chi connectivity index (χ2v) is 6.66. The summed E-state index contributed by atoms with van der Waals surface area (Å²) in [6.45, 7) is 1.27. The van der Waals surface area contributed by atoms with Crippen LogP contribution >= 0.6 is 0 Å². The number of aromatic nitrogens is 1. The molecular formula is C20H25N3O4. The van der Waals surface area contributed by atoms with Crippen LogP contribution in [0.25, 0.3) is 0 Å². The molecule has 7 heteroatoms. The normalized spacial score (nSPS) is 14.7. The van der Waals surface area contributed by atoms with Gasteiger partial charge in [0.25, 0.3) is 0 Å². The fourth-order valence-electron chi connectivity index (χ4n) is 3.21. The van der Waals surface area contributed by atoms with Crippen molar-refractivity contribution < 1.29 is 14.4 Å². The van der Waals surface area contributed by atoms with Gasteiger partial charge in [0.05, 0.1) is 18.1 Å². The fraction of sp³-hybridized carbons (Fsp3) is 0.450. The van der Waals surface area contributed by atoms with Crippen LogP contribution in [0.1, 0.15) is 37.7 Å². The molecule has 1 heterocycles. The van der Waals surface area contributed by atoms with E-state index in [1.807, 2.05) is 30.3 Å². The van der Waals surface area contributed by atoms with Crippen molar-refractivity contribution in [2.75, 3.05) is 18.5 Å². The van der Waals surface area contributed by atoms with Crippen molar-refractivity contribution in [2.24, 2.45) is 0 Å². The highest BCUT2D eigenvalue weighted by Gasteiger charge is 2.20. The van der Waals surface area contributed by atoms with Crippen molar-refractivity contribution in [3.05, 3.63) is 58.3 Å². The molecule has 0 spiro atoms. The van der Waals surface area contributed by atoms with Crippen LogP contribution in [0.15, 0.2) is 42.6 Å². The van der Waals surface area contributed by atoms with Crippen LogP contribution in [-0.4, -0.2) is 29.2 Å². The van der Waals surface area contributed by atoms with Gasteiger partial charge in [-0.15, -0.1) is 0 Å². The topological polar surface area (TPSA) is 86.5 Å². The van der Waals surface area contributed by atoms with Crippen molar-refractivity contribution in [1.82, 2.24) is 4.98 Å². The smallest absolute Gasteiger partial charge is 0.310 e. The lowest BCUT2D eigenvalue weighted by Crippen LogP contribution is -2.22. The first-order valence-corrected chi connectivity index (χ1v) is 9.38. The van der Waals surface area contributed by atoms with Crippen molar-refractivity contribution in [3.8, 4) is 5.88 Å². The summed E-state index contributed by atoms with van der Waals surface area (Å²) in [5, 5.41) is 14.6. The molecule has 1 saturated carbocycles. The molecule has 3 rings (SSSR count). The van der Waals surface area contributed by atoms with Gasteiger partial charge in [0.1, 0.15) is 18.5 Å². The first-order valence-electron chi connectivity index (χ1n) is 9.38. The highest BCUT2D eigenvalue weighted by atomic mass is 16.6. The predicted octanol–water partition coefficient (Wildman–Crippen LogP) is 4.33. The Balaban J connectivity index is 1.52. The second kappa shape index (κ2) is 9.87. The minimum absolute atomic E-state index is 0.0201. The number of nitro groups is 1. The molecule has 1 fully saturated rings. The van der Waals surface area contributed by atoms with Gasteiger partial charge >= 0.3 is 5.69 Å². The van der Waals surface area contributed by atoms with Crippen molar-refractivity contribution in [2.45, 2.75) is 44.8 Å². The molecule has 0 amide bonds. The molecule has 7 nitrogen and oxygen atoms in total. The van der Waals surface area contributed by atoms with E-state index in [1.165, 1.54) is 12.6 Å². The lowest BCUT2D eigenvalue weighted by Gasteiger charge is -2.23. The van der Waals surface area contributed by atoms with Crippen molar-refractivity contribution in [3.63, 3.8) is 0 Å². The average Bonchev–Trinajstić information content (AvgIpc) is 2.69. The first kappa shape index (κ1) is 19.1. The maximum absolute atomic E-state index is 11.3. The van der Waals surface area contributed by atoms with E-state index < -0.39 is 4.92 Å². The number of anilines is 1. The predicted molar refractivity (Wildman–Crippen MR) is 103 cm³/mol. The molecule has 1 N–H and O–H groups in total. The molecule has 0 aliphatic heterocycles. The molecular weight excluding hydrogens is 346 g/mol. The van der Waals surface area contributed by atoms with E-state index in [9.17, 15) is 10.1 Å². The standard InChI is InChI=1S/C20H25N3O4/c24-23(25)19-14-21-20(13-18(19)22-17-9-5-2-6-10-17)27-12-11-26-15-16-7-3-1-4-8-16/h1,3-4,7-8,13-14,17H,2,5-6,9-12,15H2,(H,21,22). The molecule has 144 valence electrons. The summed E-state index contributed by atoms with van der Waals surface area (Å²) in [6, 6.07) is 11.8. The molecule has 0 unspecified atom stereocenters. The summed E-state index contributed by atoms with van der Waals surface area (Å²) in [7, 11) is 0. The number of pyridine rings is 1.